The van der Waals surface area contributed by atoms with Crippen molar-refractivity contribution in [3.05, 3.63) is 58.6 Å². The minimum atomic E-state index is -0.890. The van der Waals surface area contributed by atoms with Crippen LogP contribution in [0.2, 0.25) is 5.02 Å². The Kier molecular flexibility index (Phi) is 4.35. The molecule has 0 aliphatic heterocycles. The number of aromatic nitrogens is 1. The molecule has 1 heterocycles. The number of halogens is 2. The van der Waals surface area contributed by atoms with Gasteiger partial charge in [-0.1, -0.05) is 23.7 Å². The highest BCUT2D eigenvalue weighted by Crippen LogP contribution is 2.24. The van der Waals surface area contributed by atoms with Crippen LogP contribution in [0.1, 0.15) is 17.4 Å². The molecular weight excluding hydrogens is 269 g/mol. The van der Waals surface area contributed by atoms with Crippen LogP contribution in [0.3, 0.4) is 0 Å². The van der Waals surface area contributed by atoms with Gasteiger partial charge < -0.3 is 9.84 Å². The van der Waals surface area contributed by atoms with Crippen molar-refractivity contribution in [1.82, 2.24) is 4.98 Å². The third-order valence-corrected chi connectivity index (χ3v) is 2.99. The van der Waals surface area contributed by atoms with Crippen molar-refractivity contribution in [2.75, 3.05) is 7.11 Å². The third-order valence-electron chi connectivity index (χ3n) is 2.77. The van der Waals surface area contributed by atoms with Crippen LogP contribution >= 0.6 is 11.6 Å². The average molecular weight is 282 g/mol. The predicted octanol–water partition coefficient (Wildman–Crippen LogP) is 3.16. The highest BCUT2D eigenvalue weighted by molar-refractivity contribution is 6.30. The lowest BCUT2D eigenvalue weighted by atomic mass is 10.0. The molecule has 0 radical (unpaired) electrons. The first-order valence-corrected chi connectivity index (χ1v) is 6.10. The van der Waals surface area contributed by atoms with E-state index in [1.807, 2.05) is 0 Å². The fraction of sp³-hybridized carbons (Fsp3) is 0.214. The summed E-state index contributed by atoms with van der Waals surface area (Å²) in [6.07, 6.45) is 0.679. The lowest BCUT2D eigenvalue weighted by molar-refractivity contribution is 0.172. The maximum Gasteiger partial charge on any atom is 0.168 e. The molecule has 1 atom stereocenters. The second kappa shape index (κ2) is 5.99. The van der Waals surface area contributed by atoms with Crippen LogP contribution in [0, 0.1) is 5.82 Å². The standard InChI is InChI=1S/C14H13ClFNO2/c1-19-13-4-2-3-9(14(13)16)7-12(18)11-6-5-10(15)8-17-11/h2-6,8,12,18H,7H2,1H3. The van der Waals surface area contributed by atoms with Crippen LogP contribution in [-0.2, 0) is 6.42 Å². The third kappa shape index (κ3) is 3.22. The maximum absolute atomic E-state index is 13.9. The van der Waals surface area contributed by atoms with Crippen molar-refractivity contribution in [3.8, 4) is 5.75 Å². The van der Waals surface area contributed by atoms with Crippen molar-refractivity contribution in [3.63, 3.8) is 0 Å². The highest BCUT2D eigenvalue weighted by Gasteiger charge is 2.15. The molecule has 100 valence electrons. The van der Waals surface area contributed by atoms with Gasteiger partial charge in [-0.25, -0.2) is 4.39 Å². The van der Waals surface area contributed by atoms with Gasteiger partial charge in [-0.3, -0.25) is 4.98 Å². The summed E-state index contributed by atoms with van der Waals surface area (Å²) in [6, 6.07) is 8.07. The SMILES string of the molecule is COc1cccc(CC(O)c2ccc(Cl)cn2)c1F. The minimum Gasteiger partial charge on any atom is -0.494 e. The molecule has 0 amide bonds. The number of hydrogen-bond donors (Lipinski definition) is 1. The predicted molar refractivity (Wildman–Crippen MR) is 70.9 cm³/mol. The molecule has 0 aliphatic carbocycles. The number of aliphatic hydroxyl groups excluding tert-OH is 1. The van der Waals surface area contributed by atoms with Crippen LogP contribution < -0.4 is 4.74 Å². The van der Waals surface area contributed by atoms with Crippen LogP contribution in [0.25, 0.3) is 0 Å². The molecule has 3 nitrogen and oxygen atoms in total. The van der Waals surface area contributed by atoms with Crippen LogP contribution in [0.5, 0.6) is 5.75 Å². The minimum absolute atomic E-state index is 0.123. The number of ether oxygens (including phenoxy) is 1. The summed E-state index contributed by atoms with van der Waals surface area (Å²) < 4.78 is 18.8. The number of hydrogen-bond acceptors (Lipinski definition) is 3. The number of aliphatic hydroxyl groups is 1. The molecule has 2 rings (SSSR count). The first-order chi connectivity index (χ1) is 9.11. The fourth-order valence-corrected chi connectivity index (χ4v) is 1.88. The molecule has 1 unspecified atom stereocenters. The first kappa shape index (κ1) is 13.8. The summed E-state index contributed by atoms with van der Waals surface area (Å²) in [4.78, 5) is 4.01. The Bertz CT molecular complexity index is 560. The Labute approximate surface area is 115 Å². The Morgan fingerprint density at radius 2 is 2.16 bits per heavy atom. The summed E-state index contributed by atoms with van der Waals surface area (Å²) in [6.45, 7) is 0. The normalized spacial score (nSPS) is 12.2. The monoisotopic (exact) mass is 281 g/mol. The fourth-order valence-electron chi connectivity index (χ4n) is 1.77. The number of nitrogens with zero attached hydrogens (tertiary/aromatic N) is 1. The van der Waals surface area contributed by atoms with Gasteiger partial charge in [0, 0.05) is 12.6 Å². The van der Waals surface area contributed by atoms with Gasteiger partial charge in [0.15, 0.2) is 11.6 Å². The van der Waals surface area contributed by atoms with E-state index in [9.17, 15) is 9.50 Å². The molecule has 5 heteroatoms. The summed E-state index contributed by atoms with van der Waals surface area (Å²) >= 11 is 5.72. The molecule has 1 aromatic heterocycles. The summed E-state index contributed by atoms with van der Waals surface area (Å²) in [5.74, 6) is -0.299. The largest absolute Gasteiger partial charge is 0.494 e. The Hall–Kier alpha value is -1.65. The van der Waals surface area contributed by atoms with Crippen molar-refractivity contribution in [1.29, 1.82) is 0 Å². The highest BCUT2D eigenvalue weighted by atomic mass is 35.5. The van der Waals surface area contributed by atoms with E-state index in [0.717, 1.165) is 0 Å². The van der Waals surface area contributed by atoms with Gasteiger partial charge in [-0.2, -0.15) is 0 Å². The van der Waals surface area contributed by atoms with E-state index in [1.54, 1.807) is 24.3 Å². The van der Waals surface area contributed by atoms with Gasteiger partial charge in [0.1, 0.15) is 6.10 Å². The van der Waals surface area contributed by atoms with Crippen molar-refractivity contribution < 1.29 is 14.2 Å². The van der Waals surface area contributed by atoms with E-state index >= 15 is 0 Å². The van der Waals surface area contributed by atoms with Crippen LogP contribution in [0.15, 0.2) is 36.5 Å². The molecule has 0 spiro atoms. The molecule has 1 aromatic carbocycles. The van der Waals surface area contributed by atoms with E-state index in [2.05, 4.69) is 4.98 Å². The molecule has 19 heavy (non-hydrogen) atoms. The lowest BCUT2D eigenvalue weighted by Crippen LogP contribution is -2.06. The zero-order valence-corrected chi connectivity index (χ0v) is 11.1. The van der Waals surface area contributed by atoms with Crippen LogP contribution in [-0.4, -0.2) is 17.2 Å². The molecular formula is C14H13ClFNO2. The van der Waals surface area contributed by atoms with Crippen LogP contribution in [0.4, 0.5) is 4.39 Å². The van der Waals surface area contributed by atoms with Gasteiger partial charge in [-0.15, -0.1) is 0 Å². The quantitative estimate of drug-likeness (QED) is 0.936. The molecule has 0 bridgehead atoms. The number of pyridine rings is 1. The first-order valence-electron chi connectivity index (χ1n) is 5.72. The van der Waals surface area contributed by atoms with E-state index in [0.29, 0.717) is 16.3 Å². The molecule has 2 aromatic rings. The Morgan fingerprint density at radius 1 is 1.37 bits per heavy atom. The summed E-state index contributed by atoms with van der Waals surface area (Å²) in [7, 11) is 1.40. The summed E-state index contributed by atoms with van der Waals surface area (Å²) in [5, 5.41) is 10.5. The van der Waals surface area contributed by atoms with Gasteiger partial charge in [0.2, 0.25) is 0 Å². The average Bonchev–Trinajstić information content (AvgIpc) is 2.42. The molecule has 0 saturated heterocycles. The lowest BCUT2D eigenvalue weighted by Gasteiger charge is -2.12. The van der Waals surface area contributed by atoms with Crippen molar-refractivity contribution in [2.24, 2.45) is 0 Å². The van der Waals surface area contributed by atoms with E-state index in [-0.39, 0.29) is 12.2 Å². The van der Waals surface area contributed by atoms with Crippen molar-refractivity contribution >= 4 is 11.6 Å². The second-order valence-electron chi connectivity index (χ2n) is 4.05. The molecule has 0 fully saturated rings. The van der Waals surface area contributed by atoms with Gasteiger partial charge in [0.25, 0.3) is 0 Å². The zero-order valence-electron chi connectivity index (χ0n) is 10.3. The Balaban J connectivity index is 2.19. The number of methoxy groups -OCH3 is 1. The molecule has 0 saturated carbocycles. The van der Waals surface area contributed by atoms with Crippen molar-refractivity contribution in [2.45, 2.75) is 12.5 Å². The maximum atomic E-state index is 13.9. The second-order valence-corrected chi connectivity index (χ2v) is 4.49. The number of rotatable bonds is 4. The van der Waals surface area contributed by atoms with Gasteiger partial charge in [-0.05, 0) is 23.8 Å². The number of benzene rings is 1. The summed E-state index contributed by atoms with van der Waals surface area (Å²) in [5.41, 5.74) is 0.829. The van der Waals surface area contributed by atoms with E-state index in [4.69, 9.17) is 16.3 Å². The molecule has 1 N–H and O–H groups in total. The molecule has 0 aliphatic rings. The topological polar surface area (TPSA) is 42.4 Å². The van der Waals surface area contributed by atoms with E-state index < -0.39 is 11.9 Å². The van der Waals surface area contributed by atoms with E-state index in [1.165, 1.54) is 19.4 Å². The van der Waals surface area contributed by atoms with Gasteiger partial charge >= 0.3 is 0 Å². The Morgan fingerprint density at radius 3 is 2.79 bits per heavy atom. The van der Waals surface area contributed by atoms with Gasteiger partial charge in [0.05, 0.1) is 17.8 Å². The smallest absolute Gasteiger partial charge is 0.168 e. The zero-order chi connectivity index (χ0) is 13.8.